The predicted molar refractivity (Wildman–Crippen MR) is 84.1 cm³/mol. The fourth-order valence-corrected chi connectivity index (χ4v) is 2.32. The highest BCUT2D eigenvalue weighted by Crippen LogP contribution is 2.33. The number of benzene rings is 2. The van der Waals surface area contributed by atoms with Crippen LogP contribution in [0.4, 0.5) is 11.4 Å². The first-order chi connectivity index (χ1) is 10.1. The number of halogens is 1. The van der Waals surface area contributed by atoms with E-state index >= 15 is 0 Å². The lowest BCUT2D eigenvalue weighted by Crippen LogP contribution is -2.27. The Balaban J connectivity index is 2.63. The summed E-state index contributed by atoms with van der Waals surface area (Å²) in [6, 6.07) is 13.9. The average Bonchev–Trinajstić information content (AvgIpc) is 2.49. The normalized spacial score (nSPS) is 10.0. The van der Waals surface area contributed by atoms with Gasteiger partial charge in [-0.05, 0) is 24.3 Å². The zero-order valence-electron chi connectivity index (χ0n) is 11.8. The zero-order valence-corrected chi connectivity index (χ0v) is 12.5. The Kier molecular flexibility index (Phi) is 4.60. The molecule has 0 aliphatic carbocycles. The van der Waals surface area contributed by atoms with Gasteiger partial charge in [0.05, 0.1) is 22.0 Å². The first-order valence-electron chi connectivity index (χ1n) is 6.42. The van der Waals surface area contributed by atoms with Crippen LogP contribution in [0.25, 0.3) is 0 Å². The van der Waals surface area contributed by atoms with Gasteiger partial charge in [0.1, 0.15) is 0 Å². The van der Waals surface area contributed by atoms with Crippen LogP contribution < -0.4 is 10.2 Å². The van der Waals surface area contributed by atoms with Crippen LogP contribution >= 0.6 is 11.6 Å². The second-order valence-corrected chi connectivity index (χ2v) is 4.81. The molecule has 0 atom stereocenters. The summed E-state index contributed by atoms with van der Waals surface area (Å²) >= 11 is 6.18. The van der Waals surface area contributed by atoms with Crippen LogP contribution in [-0.4, -0.2) is 18.9 Å². The second-order valence-electron chi connectivity index (χ2n) is 4.40. The number of carbonyl (C=O) groups excluding carboxylic acids is 2. The Hall–Kier alpha value is -2.33. The lowest BCUT2D eigenvalue weighted by Gasteiger charge is -2.24. The number of hydrogen-bond donors (Lipinski definition) is 1. The number of nitrogens with zero attached hydrogens (tertiary/aromatic N) is 1. The van der Waals surface area contributed by atoms with Crippen molar-refractivity contribution < 1.29 is 9.59 Å². The molecule has 5 heteroatoms. The molecule has 2 amide bonds. The summed E-state index contributed by atoms with van der Waals surface area (Å²) in [5.41, 5.74) is 1.45. The second kappa shape index (κ2) is 6.41. The summed E-state index contributed by atoms with van der Waals surface area (Å²) in [5.74, 6) is -0.483. The van der Waals surface area contributed by atoms with Gasteiger partial charge in [-0.25, -0.2) is 0 Å². The minimum atomic E-state index is -0.260. The SMILES string of the molecule is CNC(=O)c1ccccc1N(C(C)=O)c1ccccc1Cl. The third-order valence-electron chi connectivity index (χ3n) is 3.02. The van der Waals surface area contributed by atoms with Gasteiger partial charge in [-0.3, -0.25) is 14.5 Å². The maximum absolute atomic E-state index is 12.1. The Bertz CT molecular complexity index is 685. The minimum absolute atomic E-state index is 0.223. The van der Waals surface area contributed by atoms with Gasteiger partial charge in [0.25, 0.3) is 5.91 Å². The largest absolute Gasteiger partial charge is 0.355 e. The fraction of sp³-hybridized carbons (Fsp3) is 0.125. The topological polar surface area (TPSA) is 49.4 Å². The lowest BCUT2D eigenvalue weighted by molar-refractivity contribution is -0.115. The molecule has 0 saturated heterocycles. The van der Waals surface area contributed by atoms with E-state index in [1.165, 1.54) is 11.8 Å². The molecule has 0 aromatic heterocycles. The van der Waals surface area contributed by atoms with E-state index in [2.05, 4.69) is 5.32 Å². The molecule has 2 rings (SSSR count). The van der Waals surface area contributed by atoms with Crippen molar-refractivity contribution in [2.45, 2.75) is 6.92 Å². The summed E-state index contributed by atoms with van der Waals surface area (Å²) in [7, 11) is 1.55. The van der Waals surface area contributed by atoms with Crippen LogP contribution in [0.1, 0.15) is 17.3 Å². The van der Waals surface area contributed by atoms with E-state index < -0.39 is 0 Å². The molecule has 108 valence electrons. The Morgan fingerprint density at radius 2 is 1.57 bits per heavy atom. The zero-order chi connectivity index (χ0) is 15.4. The highest BCUT2D eigenvalue weighted by Gasteiger charge is 2.21. The van der Waals surface area contributed by atoms with Crippen molar-refractivity contribution in [3.8, 4) is 0 Å². The number of carbonyl (C=O) groups is 2. The van der Waals surface area contributed by atoms with E-state index in [0.29, 0.717) is 22.0 Å². The standard InChI is InChI=1S/C16H15ClN2O2/c1-11(20)19(15-10-6-4-8-13(15)17)14-9-5-3-7-12(14)16(21)18-2/h3-10H,1-2H3,(H,18,21). The van der Waals surface area contributed by atoms with Gasteiger partial charge < -0.3 is 5.32 Å². The van der Waals surface area contributed by atoms with Crippen molar-refractivity contribution >= 4 is 34.8 Å². The summed E-state index contributed by atoms with van der Waals surface area (Å²) in [4.78, 5) is 25.5. The number of hydrogen-bond acceptors (Lipinski definition) is 2. The molecule has 2 aromatic carbocycles. The van der Waals surface area contributed by atoms with Crippen molar-refractivity contribution in [1.29, 1.82) is 0 Å². The third kappa shape index (κ3) is 3.06. The predicted octanol–water partition coefficient (Wildman–Crippen LogP) is 3.38. The monoisotopic (exact) mass is 302 g/mol. The maximum atomic E-state index is 12.1. The molecule has 0 unspecified atom stereocenters. The number of nitrogens with one attached hydrogen (secondary N) is 1. The van der Waals surface area contributed by atoms with E-state index in [1.807, 2.05) is 0 Å². The average molecular weight is 303 g/mol. The van der Waals surface area contributed by atoms with Crippen LogP contribution in [0.3, 0.4) is 0 Å². The van der Waals surface area contributed by atoms with E-state index in [-0.39, 0.29) is 11.8 Å². The molecule has 1 N–H and O–H groups in total. The van der Waals surface area contributed by atoms with Crippen LogP contribution in [0.2, 0.25) is 5.02 Å². The van der Waals surface area contributed by atoms with Crippen LogP contribution in [0.5, 0.6) is 0 Å². The molecule has 0 bridgehead atoms. The van der Waals surface area contributed by atoms with Gasteiger partial charge in [0.2, 0.25) is 5.91 Å². The van der Waals surface area contributed by atoms with Crippen molar-refractivity contribution in [1.82, 2.24) is 5.32 Å². The van der Waals surface area contributed by atoms with E-state index in [0.717, 1.165) is 0 Å². The Labute approximate surface area is 128 Å². The van der Waals surface area contributed by atoms with Gasteiger partial charge in [-0.1, -0.05) is 35.9 Å². The maximum Gasteiger partial charge on any atom is 0.253 e. The molecule has 0 radical (unpaired) electrons. The molecule has 0 aliphatic heterocycles. The summed E-state index contributed by atoms with van der Waals surface area (Å²) in [6.07, 6.45) is 0. The fourth-order valence-electron chi connectivity index (χ4n) is 2.10. The quantitative estimate of drug-likeness (QED) is 0.945. The molecule has 0 spiro atoms. The minimum Gasteiger partial charge on any atom is -0.355 e. The molecule has 21 heavy (non-hydrogen) atoms. The number of anilines is 2. The number of rotatable bonds is 3. The lowest BCUT2D eigenvalue weighted by atomic mass is 10.1. The van der Waals surface area contributed by atoms with Crippen molar-refractivity contribution in [2.24, 2.45) is 0 Å². The van der Waals surface area contributed by atoms with E-state index in [4.69, 9.17) is 11.6 Å². The summed E-state index contributed by atoms with van der Waals surface area (Å²) in [6.45, 7) is 1.43. The number of amides is 2. The highest BCUT2D eigenvalue weighted by atomic mass is 35.5. The summed E-state index contributed by atoms with van der Waals surface area (Å²) in [5, 5.41) is 3.02. The van der Waals surface area contributed by atoms with Crippen LogP contribution in [0.15, 0.2) is 48.5 Å². The molecule has 0 aliphatic rings. The third-order valence-corrected chi connectivity index (χ3v) is 3.34. The molecule has 0 fully saturated rings. The van der Waals surface area contributed by atoms with Crippen LogP contribution in [-0.2, 0) is 4.79 Å². The molecular weight excluding hydrogens is 288 g/mol. The van der Waals surface area contributed by atoms with Gasteiger partial charge in [-0.15, -0.1) is 0 Å². The van der Waals surface area contributed by atoms with Gasteiger partial charge in [0, 0.05) is 14.0 Å². The molecular formula is C16H15ClN2O2. The van der Waals surface area contributed by atoms with Crippen molar-refractivity contribution in [3.05, 3.63) is 59.1 Å². The smallest absolute Gasteiger partial charge is 0.253 e. The van der Waals surface area contributed by atoms with Crippen LogP contribution in [0, 0.1) is 0 Å². The van der Waals surface area contributed by atoms with Crippen molar-refractivity contribution in [3.63, 3.8) is 0 Å². The molecule has 2 aromatic rings. The van der Waals surface area contributed by atoms with Gasteiger partial charge in [0.15, 0.2) is 0 Å². The molecule has 4 nitrogen and oxygen atoms in total. The Morgan fingerprint density at radius 1 is 1.00 bits per heavy atom. The van der Waals surface area contributed by atoms with Gasteiger partial charge in [-0.2, -0.15) is 0 Å². The first kappa shape index (κ1) is 15.1. The number of para-hydroxylation sites is 2. The van der Waals surface area contributed by atoms with Crippen molar-refractivity contribution in [2.75, 3.05) is 11.9 Å². The molecule has 0 saturated carbocycles. The van der Waals surface area contributed by atoms with E-state index in [1.54, 1.807) is 55.6 Å². The Morgan fingerprint density at radius 3 is 2.14 bits per heavy atom. The highest BCUT2D eigenvalue weighted by molar-refractivity contribution is 6.34. The first-order valence-corrected chi connectivity index (χ1v) is 6.80. The molecule has 0 heterocycles. The summed E-state index contributed by atoms with van der Waals surface area (Å²) < 4.78 is 0. The van der Waals surface area contributed by atoms with Gasteiger partial charge >= 0.3 is 0 Å². The van der Waals surface area contributed by atoms with E-state index in [9.17, 15) is 9.59 Å².